The van der Waals surface area contributed by atoms with Crippen LogP contribution in [0.15, 0.2) is 36.4 Å². The van der Waals surface area contributed by atoms with Gasteiger partial charge in [0, 0.05) is 33.8 Å². The van der Waals surface area contributed by atoms with Crippen molar-refractivity contribution in [3.8, 4) is 11.4 Å². The van der Waals surface area contributed by atoms with E-state index in [1.54, 1.807) is 23.6 Å². The van der Waals surface area contributed by atoms with Crippen molar-refractivity contribution in [3.63, 3.8) is 0 Å². The molecule has 0 amide bonds. The topological polar surface area (TPSA) is 71.7 Å². The molecule has 1 aromatic heterocycles. The van der Waals surface area contributed by atoms with E-state index in [-0.39, 0.29) is 31.6 Å². The lowest BCUT2D eigenvalue weighted by Crippen LogP contribution is -2.44. The van der Waals surface area contributed by atoms with Crippen LogP contribution in [-0.4, -0.2) is 33.8 Å². The summed E-state index contributed by atoms with van der Waals surface area (Å²) < 4.78 is 64.0. The molecule has 0 saturated heterocycles. The van der Waals surface area contributed by atoms with Crippen molar-refractivity contribution < 1.29 is 37.3 Å². The summed E-state index contributed by atoms with van der Waals surface area (Å²) in [5, 5.41) is 21.0. The standard InChI is InChI=1S/C27H29F4NO4/c1-5-27(23(30)31,24(34)35)12-11-26(4)21-20-18(7-6-8-19(20)33)32(22(21)25(2,3)14-36-26)15-9-10-16(28)17(29)13-15/h6-10,13,23,33H,5,11-12,14H2,1-4H3,(H,34,35)/t26-,27+/m1/s1. The molecule has 1 aliphatic rings. The number of carbonyl (C=O) groups is 1. The summed E-state index contributed by atoms with van der Waals surface area (Å²) in [4.78, 5) is 11.9. The number of carboxylic acid groups (broad SMARTS) is 1. The predicted octanol–water partition coefficient (Wildman–Crippen LogP) is 6.66. The lowest BCUT2D eigenvalue weighted by Gasteiger charge is -2.44. The van der Waals surface area contributed by atoms with Crippen LogP contribution in [-0.2, 0) is 20.5 Å². The summed E-state index contributed by atoms with van der Waals surface area (Å²) in [6, 6.07) is 8.32. The van der Waals surface area contributed by atoms with E-state index in [0.29, 0.717) is 27.8 Å². The number of aliphatic carboxylic acids is 1. The third-order valence-corrected chi connectivity index (χ3v) is 7.58. The smallest absolute Gasteiger partial charge is 0.315 e. The molecule has 0 unspecified atom stereocenters. The van der Waals surface area contributed by atoms with E-state index >= 15 is 0 Å². The average molecular weight is 508 g/mol. The maximum Gasteiger partial charge on any atom is 0.315 e. The quantitative estimate of drug-likeness (QED) is 0.351. The fourth-order valence-electron chi connectivity index (χ4n) is 5.30. The molecule has 2 N–H and O–H groups in total. The highest BCUT2D eigenvalue weighted by atomic mass is 19.3. The van der Waals surface area contributed by atoms with E-state index in [4.69, 9.17) is 4.74 Å². The summed E-state index contributed by atoms with van der Waals surface area (Å²) in [5.41, 5.74) is -2.18. The second kappa shape index (κ2) is 8.80. The normalized spacial score (nSPS) is 20.9. The van der Waals surface area contributed by atoms with Gasteiger partial charge in [-0.1, -0.05) is 26.8 Å². The van der Waals surface area contributed by atoms with Gasteiger partial charge < -0.3 is 19.5 Å². The molecule has 5 nitrogen and oxygen atoms in total. The molecule has 0 spiro atoms. The van der Waals surface area contributed by atoms with Crippen LogP contribution in [0.5, 0.6) is 5.75 Å². The molecule has 0 fully saturated rings. The summed E-state index contributed by atoms with van der Waals surface area (Å²) in [6.45, 7) is 7.04. The number of hydrogen-bond acceptors (Lipinski definition) is 3. The highest BCUT2D eigenvalue weighted by Gasteiger charge is 2.51. The first-order valence-electron chi connectivity index (χ1n) is 11.8. The Bertz CT molecular complexity index is 1340. The van der Waals surface area contributed by atoms with Gasteiger partial charge in [0.15, 0.2) is 11.6 Å². The molecule has 36 heavy (non-hydrogen) atoms. The molecule has 0 radical (unpaired) electrons. The third kappa shape index (κ3) is 3.84. The van der Waals surface area contributed by atoms with Gasteiger partial charge in [0.05, 0.1) is 17.7 Å². The first-order valence-corrected chi connectivity index (χ1v) is 11.8. The van der Waals surface area contributed by atoms with E-state index < -0.39 is 40.5 Å². The first-order chi connectivity index (χ1) is 16.8. The van der Waals surface area contributed by atoms with Crippen LogP contribution in [0.4, 0.5) is 17.6 Å². The van der Waals surface area contributed by atoms with E-state index in [0.717, 1.165) is 12.1 Å². The maximum absolute atomic E-state index is 14.3. The van der Waals surface area contributed by atoms with Gasteiger partial charge in [0.1, 0.15) is 11.2 Å². The SMILES string of the molecule is CC[C@@](CC[C@@]1(C)OCC(C)(C)c2c1c1c(O)cccc1n2-c1ccc(F)c(F)c1)(C(=O)O)C(F)F. The van der Waals surface area contributed by atoms with E-state index in [9.17, 15) is 32.6 Å². The number of alkyl halides is 2. The second-order valence-corrected chi connectivity index (χ2v) is 10.3. The van der Waals surface area contributed by atoms with Gasteiger partial charge in [-0.15, -0.1) is 0 Å². The number of phenols is 1. The molecule has 0 saturated carbocycles. The Morgan fingerprint density at radius 2 is 1.86 bits per heavy atom. The fraction of sp³-hybridized carbons (Fsp3) is 0.444. The van der Waals surface area contributed by atoms with Crippen molar-refractivity contribution in [1.29, 1.82) is 0 Å². The van der Waals surface area contributed by atoms with Gasteiger partial charge >= 0.3 is 5.97 Å². The number of benzene rings is 2. The third-order valence-electron chi connectivity index (χ3n) is 7.58. The van der Waals surface area contributed by atoms with Crippen LogP contribution in [0.1, 0.15) is 58.2 Å². The lowest BCUT2D eigenvalue weighted by molar-refractivity contribution is -0.163. The van der Waals surface area contributed by atoms with Gasteiger partial charge in [-0.05, 0) is 50.5 Å². The van der Waals surface area contributed by atoms with Crippen LogP contribution in [0, 0.1) is 17.0 Å². The van der Waals surface area contributed by atoms with Crippen LogP contribution < -0.4 is 0 Å². The number of halogens is 4. The number of nitrogens with zero attached hydrogens (tertiary/aromatic N) is 1. The largest absolute Gasteiger partial charge is 0.507 e. The van der Waals surface area contributed by atoms with Crippen LogP contribution in [0.3, 0.4) is 0 Å². The van der Waals surface area contributed by atoms with Gasteiger partial charge in [0.25, 0.3) is 6.43 Å². The number of hydrogen-bond donors (Lipinski definition) is 2. The Hall–Kier alpha value is -3.07. The maximum atomic E-state index is 14.3. The van der Waals surface area contributed by atoms with Gasteiger partial charge in [-0.2, -0.15) is 0 Å². The zero-order chi connectivity index (χ0) is 26.6. The number of aromatic nitrogens is 1. The molecular formula is C27H29F4NO4. The number of phenolic OH excluding ortho intramolecular Hbond substituents is 1. The Balaban J connectivity index is 1.99. The summed E-state index contributed by atoms with van der Waals surface area (Å²) in [6.07, 6.45) is -3.78. The highest BCUT2D eigenvalue weighted by Crippen LogP contribution is 2.52. The molecule has 1 aliphatic heterocycles. The zero-order valence-electron chi connectivity index (χ0n) is 20.5. The summed E-state index contributed by atoms with van der Waals surface area (Å²) >= 11 is 0. The average Bonchev–Trinajstić information content (AvgIpc) is 3.18. The Morgan fingerprint density at radius 1 is 1.17 bits per heavy atom. The van der Waals surface area contributed by atoms with Gasteiger partial charge in [-0.3, -0.25) is 4.79 Å². The predicted molar refractivity (Wildman–Crippen MR) is 127 cm³/mol. The van der Waals surface area contributed by atoms with Crippen molar-refractivity contribution in [2.24, 2.45) is 5.41 Å². The summed E-state index contributed by atoms with van der Waals surface area (Å²) in [5.74, 6) is -3.71. The first kappa shape index (κ1) is 26.0. The van der Waals surface area contributed by atoms with E-state index in [1.807, 2.05) is 13.8 Å². The van der Waals surface area contributed by atoms with Gasteiger partial charge in [-0.25, -0.2) is 17.6 Å². The number of fused-ring (bicyclic) bond motifs is 3. The number of carboxylic acids is 1. The fourth-order valence-corrected chi connectivity index (χ4v) is 5.30. The lowest BCUT2D eigenvalue weighted by atomic mass is 9.73. The van der Waals surface area contributed by atoms with E-state index in [1.165, 1.54) is 19.1 Å². The highest BCUT2D eigenvalue weighted by molar-refractivity contribution is 5.94. The van der Waals surface area contributed by atoms with E-state index in [2.05, 4.69) is 0 Å². The molecule has 0 bridgehead atoms. The Labute approximate surface area is 206 Å². The van der Waals surface area contributed by atoms with Crippen molar-refractivity contribution in [2.75, 3.05) is 6.61 Å². The molecular weight excluding hydrogens is 478 g/mol. The van der Waals surface area contributed by atoms with Crippen LogP contribution in [0.25, 0.3) is 16.6 Å². The van der Waals surface area contributed by atoms with Crippen LogP contribution >= 0.6 is 0 Å². The molecule has 0 aliphatic carbocycles. The number of ether oxygens (including phenoxy) is 1. The molecule has 2 heterocycles. The molecule has 2 aromatic carbocycles. The number of aromatic hydroxyl groups is 1. The molecule has 3 aromatic rings. The Morgan fingerprint density at radius 3 is 2.44 bits per heavy atom. The molecule has 9 heteroatoms. The minimum absolute atomic E-state index is 0.0637. The molecule has 2 atom stereocenters. The monoisotopic (exact) mass is 507 g/mol. The zero-order valence-corrected chi connectivity index (χ0v) is 20.5. The summed E-state index contributed by atoms with van der Waals surface area (Å²) in [7, 11) is 0. The second-order valence-electron chi connectivity index (χ2n) is 10.3. The van der Waals surface area contributed by atoms with Crippen LogP contribution in [0.2, 0.25) is 0 Å². The van der Waals surface area contributed by atoms with Crippen molar-refractivity contribution in [1.82, 2.24) is 4.57 Å². The number of rotatable bonds is 7. The minimum Gasteiger partial charge on any atom is -0.507 e. The van der Waals surface area contributed by atoms with Gasteiger partial charge in [0.2, 0.25) is 0 Å². The molecule has 194 valence electrons. The minimum atomic E-state index is -3.08. The van der Waals surface area contributed by atoms with Crippen molar-refractivity contribution >= 4 is 16.9 Å². The van der Waals surface area contributed by atoms with Crippen molar-refractivity contribution in [3.05, 3.63) is 59.3 Å². The molecule has 4 rings (SSSR count). The Kier molecular flexibility index (Phi) is 6.35. The van der Waals surface area contributed by atoms with Crippen molar-refractivity contribution in [2.45, 2.75) is 64.4 Å².